The molecule has 0 radical (unpaired) electrons. The number of benzene rings is 1. The Morgan fingerprint density at radius 1 is 1.38 bits per heavy atom. The van der Waals surface area contributed by atoms with Gasteiger partial charge in [0.05, 0.1) is 0 Å². The van der Waals surface area contributed by atoms with Crippen LogP contribution >= 0.6 is 0 Å². The predicted molar refractivity (Wildman–Crippen MR) is 68.0 cm³/mol. The van der Waals surface area contributed by atoms with Crippen LogP contribution in [0.1, 0.15) is 23.5 Å². The molecule has 0 spiro atoms. The van der Waals surface area contributed by atoms with E-state index in [4.69, 9.17) is 0 Å². The zero-order chi connectivity index (χ0) is 11.1. The van der Waals surface area contributed by atoms with Gasteiger partial charge >= 0.3 is 0 Å². The topological polar surface area (TPSA) is 15.3 Å². The number of aryl methyl sites for hydroxylation is 1. The Balaban J connectivity index is 1.94. The Morgan fingerprint density at radius 2 is 2.25 bits per heavy atom. The van der Waals surface area contributed by atoms with Gasteiger partial charge in [-0.25, -0.2) is 0 Å². The van der Waals surface area contributed by atoms with Crippen molar-refractivity contribution in [3.8, 4) is 0 Å². The number of hydrogen-bond acceptors (Lipinski definition) is 2. The maximum Gasteiger partial charge on any atom is 0.0378 e. The molecule has 2 unspecified atom stereocenters. The van der Waals surface area contributed by atoms with Crippen molar-refractivity contribution in [2.24, 2.45) is 5.92 Å². The monoisotopic (exact) mass is 216 g/mol. The highest BCUT2D eigenvalue weighted by atomic mass is 15.1. The molecule has 3 rings (SSSR count). The van der Waals surface area contributed by atoms with E-state index in [0.717, 1.165) is 18.4 Å². The summed E-state index contributed by atoms with van der Waals surface area (Å²) in [5.74, 6) is 1.59. The predicted octanol–water partition coefficient (Wildman–Crippen LogP) is 2.46. The second kappa shape index (κ2) is 3.77. The van der Waals surface area contributed by atoms with Gasteiger partial charge in [0.25, 0.3) is 0 Å². The van der Waals surface area contributed by atoms with Gasteiger partial charge < -0.3 is 10.2 Å². The van der Waals surface area contributed by atoms with Gasteiger partial charge in [0, 0.05) is 18.8 Å². The van der Waals surface area contributed by atoms with Crippen LogP contribution in [0.2, 0.25) is 0 Å². The summed E-state index contributed by atoms with van der Waals surface area (Å²) in [5.41, 5.74) is 4.29. The maximum atomic E-state index is 3.60. The molecule has 0 aliphatic carbocycles. The fourth-order valence-corrected chi connectivity index (χ4v) is 3.22. The van der Waals surface area contributed by atoms with E-state index in [0.29, 0.717) is 0 Å². The average molecular weight is 216 g/mol. The summed E-state index contributed by atoms with van der Waals surface area (Å²) < 4.78 is 0. The molecule has 0 bridgehead atoms. The van der Waals surface area contributed by atoms with Crippen LogP contribution in [0.3, 0.4) is 0 Å². The van der Waals surface area contributed by atoms with Crippen molar-refractivity contribution in [2.75, 3.05) is 32.0 Å². The van der Waals surface area contributed by atoms with Gasteiger partial charge in [0.1, 0.15) is 0 Å². The first-order chi connectivity index (χ1) is 7.74. The molecule has 1 aromatic rings. The largest absolute Gasteiger partial charge is 0.384 e. The molecule has 2 atom stereocenters. The van der Waals surface area contributed by atoms with E-state index >= 15 is 0 Å². The summed E-state index contributed by atoms with van der Waals surface area (Å²) in [7, 11) is 2.24. The Bertz CT molecular complexity index is 400. The van der Waals surface area contributed by atoms with Crippen LogP contribution in [0.5, 0.6) is 0 Å². The van der Waals surface area contributed by atoms with E-state index in [1.54, 1.807) is 5.56 Å². The molecule has 2 aliphatic rings. The third-order valence-electron chi connectivity index (χ3n) is 4.10. The average Bonchev–Trinajstić information content (AvgIpc) is 2.28. The third kappa shape index (κ3) is 1.61. The molecular weight excluding hydrogens is 196 g/mol. The highest BCUT2D eigenvalue weighted by Gasteiger charge is 2.33. The lowest BCUT2D eigenvalue weighted by Gasteiger charge is -2.41. The van der Waals surface area contributed by atoms with Crippen LogP contribution in [0.4, 0.5) is 5.69 Å². The summed E-state index contributed by atoms with van der Waals surface area (Å²) >= 11 is 0. The molecular formula is C14H20N2. The van der Waals surface area contributed by atoms with Crippen molar-refractivity contribution in [3.63, 3.8) is 0 Å². The molecule has 0 saturated carbocycles. The normalized spacial score (nSPS) is 29.1. The molecule has 0 amide bonds. The van der Waals surface area contributed by atoms with Gasteiger partial charge in [-0.1, -0.05) is 12.1 Å². The van der Waals surface area contributed by atoms with E-state index in [2.05, 4.69) is 42.4 Å². The minimum Gasteiger partial charge on any atom is -0.384 e. The molecule has 2 aliphatic heterocycles. The summed E-state index contributed by atoms with van der Waals surface area (Å²) in [6, 6.07) is 6.88. The quantitative estimate of drug-likeness (QED) is 0.716. The Hall–Kier alpha value is -1.02. The van der Waals surface area contributed by atoms with Gasteiger partial charge in [-0.15, -0.1) is 0 Å². The van der Waals surface area contributed by atoms with Gasteiger partial charge in [0.15, 0.2) is 0 Å². The number of anilines is 1. The molecule has 1 fully saturated rings. The van der Waals surface area contributed by atoms with Crippen molar-refractivity contribution < 1.29 is 0 Å². The highest BCUT2D eigenvalue weighted by Crippen LogP contribution is 2.40. The van der Waals surface area contributed by atoms with Crippen molar-refractivity contribution in [1.29, 1.82) is 0 Å². The van der Waals surface area contributed by atoms with Gasteiger partial charge in [-0.05, 0) is 56.0 Å². The zero-order valence-electron chi connectivity index (χ0n) is 10.2. The molecule has 16 heavy (non-hydrogen) atoms. The molecule has 2 heterocycles. The number of hydrogen-bond donors (Lipinski definition) is 1. The SMILES string of the molecule is Cc1ccc2c(c1)NCC1CN(C)CCC21. The molecule has 1 N–H and O–H groups in total. The highest BCUT2D eigenvalue weighted by molar-refractivity contribution is 5.57. The molecule has 2 heteroatoms. The lowest BCUT2D eigenvalue weighted by atomic mass is 9.77. The van der Waals surface area contributed by atoms with Crippen LogP contribution in [-0.4, -0.2) is 31.6 Å². The second-order valence-electron chi connectivity index (χ2n) is 5.39. The summed E-state index contributed by atoms with van der Waals surface area (Å²) in [4.78, 5) is 2.46. The van der Waals surface area contributed by atoms with Gasteiger partial charge in [-0.2, -0.15) is 0 Å². The first-order valence-electron chi connectivity index (χ1n) is 6.27. The van der Waals surface area contributed by atoms with Crippen LogP contribution in [-0.2, 0) is 0 Å². The smallest absolute Gasteiger partial charge is 0.0378 e. The van der Waals surface area contributed by atoms with Crippen LogP contribution in [0.25, 0.3) is 0 Å². The number of nitrogens with one attached hydrogen (secondary N) is 1. The van der Waals surface area contributed by atoms with Crippen molar-refractivity contribution in [2.45, 2.75) is 19.3 Å². The Morgan fingerprint density at radius 3 is 3.12 bits per heavy atom. The lowest BCUT2D eigenvalue weighted by Crippen LogP contribution is -2.42. The zero-order valence-corrected chi connectivity index (χ0v) is 10.2. The number of piperidine rings is 1. The minimum absolute atomic E-state index is 0.785. The number of nitrogens with zero attached hydrogens (tertiary/aromatic N) is 1. The Labute approximate surface area is 97.6 Å². The van der Waals surface area contributed by atoms with Crippen LogP contribution < -0.4 is 5.32 Å². The fourth-order valence-electron chi connectivity index (χ4n) is 3.22. The molecule has 0 aromatic heterocycles. The molecule has 2 nitrogen and oxygen atoms in total. The number of likely N-dealkylation sites (tertiary alicyclic amines) is 1. The van der Waals surface area contributed by atoms with E-state index in [9.17, 15) is 0 Å². The molecule has 86 valence electrons. The molecule has 1 aromatic carbocycles. The summed E-state index contributed by atoms with van der Waals surface area (Å²) in [5, 5.41) is 3.60. The number of fused-ring (bicyclic) bond motifs is 3. The van der Waals surface area contributed by atoms with Gasteiger partial charge in [0.2, 0.25) is 0 Å². The first kappa shape index (κ1) is 10.2. The standard InChI is InChI=1S/C14H20N2/c1-10-3-4-13-12-5-6-16(2)9-11(12)8-15-14(13)7-10/h3-4,7,11-12,15H,5-6,8-9H2,1-2H3. The maximum absolute atomic E-state index is 3.60. The van der Waals surface area contributed by atoms with Crippen molar-refractivity contribution in [1.82, 2.24) is 4.90 Å². The van der Waals surface area contributed by atoms with Gasteiger partial charge in [-0.3, -0.25) is 0 Å². The first-order valence-corrected chi connectivity index (χ1v) is 6.27. The number of rotatable bonds is 0. The van der Waals surface area contributed by atoms with E-state index in [1.165, 1.54) is 30.8 Å². The fraction of sp³-hybridized carbons (Fsp3) is 0.571. The Kier molecular flexibility index (Phi) is 2.40. The van der Waals surface area contributed by atoms with Crippen molar-refractivity contribution >= 4 is 5.69 Å². The van der Waals surface area contributed by atoms with E-state index in [1.807, 2.05) is 0 Å². The summed E-state index contributed by atoms with van der Waals surface area (Å²) in [6.07, 6.45) is 1.32. The third-order valence-corrected chi connectivity index (χ3v) is 4.10. The second-order valence-corrected chi connectivity index (χ2v) is 5.39. The van der Waals surface area contributed by atoms with Crippen molar-refractivity contribution in [3.05, 3.63) is 29.3 Å². The van der Waals surface area contributed by atoms with E-state index in [-0.39, 0.29) is 0 Å². The van der Waals surface area contributed by atoms with Crippen LogP contribution in [0.15, 0.2) is 18.2 Å². The lowest BCUT2D eigenvalue weighted by molar-refractivity contribution is 0.188. The summed E-state index contributed by atoms with van der Waals surface area (Å²) in [6.45, 7) is 5.80. The van der Waals surface area contributed by atoms with E-state index < -0.39 is 0 Å². The minimum atomic E-state index is 0.785. The molecule has 1 saturated heterocycles. The van der Waals surface area contributed by atoms with Crippen LogP contribution in [0, 0.1) is 12.8 Å².